The van der Waals surface area contributed by atoms with Crippen molar-refractivity contribution < 1.29 is 37.1 Å². The smallest absolute Gasteiger partial charge is 0.340 e. The molecular weight excluding hydrogens is 858 g/mol. The second kappa shape index (κ2) is 19.7. The van der Waals surface area contributed by atoms with E-state index in [1.807, 2.05) is 24.0 Å². The first kappa shape index (κ1) is 45.1. The number of halogens is 3. The molecule has 2 aromatic heterocycles. The molecule has 2 fully saturated rings. The van der Waals surface area contributed by atoms with Gasteiger partial charge in [0.15, 0.2) is 5.65 Å². The number of alkyl halides is 3. The Labute approximate surface area is 378 Å². The van der Waals surface area contributed by atoms with Crippen LogP contribution in [0.4, 0.5) is 18.9 Å². The first-order valence-corrected chi connectivity index (χ1v) is 22.6. The standard InChI is InChI=1S/C48H47F3N8O5S/c1-31-12-13-33(26-32(31)15-17-36-28-52-42-10-7-20-53-59(36)42)45(62)54-35-16-14-34(39(27-35)48(49,50)51)29-56-21-23-57(24-22-56)44(61)11-4-2-3-5-25-65-41-9-6-8-37-38(41)30-58(47(37)64)40-18-19-43(60)55-46(40)63/h6-10,12-14,16,20,26-28,40H,2-5,11,18-19,21-25,29-30H2,1H3,(H,54,62)(H,55,60,63). The highest BCUT2D eigenvalue weighted by Crippen LogP contribution is 2.36. The Bertz CT molecular complexity index is 2720. The predicted octanol–water partition coefficient (Wildman–Crippen LogP) is 6.86. The van der Waals surface area contributed by atoms with Gasteiger partial charge >= 0.3 is 6.18 Å². The molecule has 5 heterocycles. The topological polar surface area (TPSA) is 149 Å². The number of aryl methyl sites for hydroxylation is 1. The molecule has 336 valence electrons. The summed E-state index contributed by atoms with van der Waals surface area (Å²) in [4.78, 5) is 74.0. The number of anilines is 1. The number of unbranched alkanes of at least 4 members (excludes halogenated alkanes) is 3. The Morgan fingerprint density at radius 2 is 1.75 bits per heavy atom. The number of hydrogen-bond acceptors (Lipinski definition) is 9. The van der Waals surface area contributed by atoms with Crippen LogP contribution in [0.3, 0.4) is 0 Å². The van der Waals surface area contributed by atoms with Gasteiger partial charge in [-0.15, -0.1) is 11.8 Å². The normalized spacial score (nSPS) is 16.6. The molecule has 13 nitrogen and oxygen atoms in total. The molecule has 5 amide bonds. The third kappa shape index (κ3) is 10.6. The van der Waals surface area contributed by atoms with Gasteiger partial charge in [-0.3, -0.25) is 34.2 Å². The number of thioether (sulfide) groups is 1. The maximum absolute atomic E-state index is 14.4. The molecule has 0 radical (unpaired) electrons. The van der Waals surface area contributed by atoms with Crippen LogP contribution in [0.1, 0.15) is 99.2 Å². The van der Waals surface area contributed by atoms with E-state index in [2.05, 4.69) is 32.6 Å². The predicted molar refractivity (Wildman–Crippen MR) is 238 cm³/mol. The van der Waals surface area contributed by atoms with E-state index in [-0.39, 0.29) is 47.5 Å². The molecule has 1 unspecified atom stereocenters. The van der Waals surface area contributed by atoms with E-state index in [9.17, 15) is 37.1 Å². The summed E-state index contributed by atoms with van der Waals surface area (Å²) in [6.07, 6.45) is 2.97. The quantitative estimate of drug-likeness (QED) is 0.0560. The molecule has 0 bridgehead atoms. The Kier molecular flexibility index (Phi) is 13.7. The number of piperidine rings is 1. The van der Waals surface area contributed by atoms with Gasteiger partial charge in [0.1, 0.15) is 11.7 Å². The van der Waals surface area contributed by atoms with Crippen molar-refractivity contribution in [1.29, 1.82) is 0 Å². The molecule has 3 aliphatic heterocycles. The van der Waals surface area contributed by atoms with Crippen molar-refractivity contribution in [3.05, 3.63) is 124 Å². The number of imidazole rings is 1. The number of hydrogen-bond donors (Lipinski definition) is 2. The molecule has 2 saturated heterocycles. The van der Waals surface area contributed by atoms with Crippen molar-refractivity contribution in [2.45, 2.75) is 82.1 Å². The minimum atomic E-state index is -4.66. The number of carbonyl (C=O) groups is 5. The van der Waals surface area contributed by atoms with E-state index < -0.39 is 29.6 Å². The summed E-state index contributed by atoms with van der Waals surface area (Å²) < 4.78 is 44.8. The van der Waals surface area contributed by atoms with Crippen LogP contribution in [0.2, 0.25) is 0 Å². The highest BCUT2D eigenvalue weighted by atomic mass is 32.2. The fourth-order valence-corrected chi connectivity index (χ4v) is 9.46. The lowest BCUT2D eigenvalue weighted by molar-refractivity contribution is -0.139. The first-order valence-electron chi connectivity index (χ1n) is 21.6. The molecule has 0 saturated carbocycles. The molecule has 3 aliphatic rings. The molecule has 5 aromatic rings. The monoisotopic (exact) mass is 904 g/mol. The number of amides is 5. The largest absolute Gasteiger partial charge is 0.416 e. The Hall–Kier alpha value is -6.51. The van der Waals surface area contributed by atoms with Gasteiger partial charge in [-0.1, -0.05) is 37.0 Å². The van der Waals surface area contributed by atoms with Gasteiger partial charge in [-0.05, 0) is 103 Å². The van der Waals surface area contributed by atoms with Crippen LogP contribution in [0.5, 0.6) is 0 Å². The van der Waals surface area contributed by atoms with Crippen molar-refractivity contribution in [2.75, 3.05) is 37.2 Å². The summed E-state index contributed by atoms with van der Waals surface area (Å²) >= 11 is 1.67. The number of carbonyl (C=O) groups excluding carboxylic acids is 5. The summed E-state index contributed by atoms with van der Waals surface area (Å²) in [7, 11) is 0. The lowest BCUT2D eigenvalue weighted by atomic mass is 10.0. The van der Waals surface area contributed by atoms with Crippen molar-refractivity contribution in [3.63, 3.8) is 0 Å². The molecule has 0 spiro atoms. The zero-order chi connectivity index (χ0) is 45.7. The summed E-state index contributed by atoms with van der Waals surface area (Å²) in [6.45, 7) is 3.96. The van der Waals surface area contributed by atoms with Gasteiger partial charge in [0.05, 0.1) is 11.8 Å². The molecule has 0 aliphatic carbocycles. The maximum atomic E-state index is 14.4. The highest BCUT2D eigenvalue weighted by molar-refractivity contribution is 7.99. The Morgan fingerprint density at radius 1 is 0.938 bits per heavy atom. The molecule has 17 heteroatoms. The molecule has 8 rings (SSSR count). The number of fused-ring (bicyclic) bond motifs is 2. The zero-order valence-electron chi connectivity index (χ0n) is 35.7. The van der Waals surface area contributed by atoms with E-state index in [0.717, 1.165) is 53.5 Å². The van der Waals surface area contributed by atoms with Crippen LogP contribution in [0.15, 0.2) is 84.0 Å². The lowest BCUT2D eigenvalue weighted by Gasteiger charge is -2.35. The van der Waals surface area contributed by atoms with Crippen LogP contribution in [-0.2, 0) is 33.6 Å². The van der Waals surface area contributed by atoms with Gasteiger partial charge < -0.3 is 15.1 Å². The SMILES string of the molecule is Cc1ccc(C(=O)Nc2ccc(CN3CCN(C(=O)CCCCCCSc4cccc5c4CN(C4CCC(=O)NC4=O)C5=O)CC3)c(C(F)(F)F)c2)cc1C#Cc1cnc2cccnn12. The average molecular weight is 905 g/mol. The summed E-state index contributed by atoms with van der Waals surface area (Å²) in [6, 6.07) is 17.3. The van der Waals surface area contributed by atoms with Crippen molar-refractivity contribution in [3.8, 4) is 11.8 Å². The summed E-state index contributed by atoms with van der Waals surface area (Å²) in [5, 5.41) is 9.21. The zero-order valence-corrected chi connectivity index (χ0v) is 36.6. The second-order valence-electron chi connectivity index (χ2n) is 16.4. The highest BCUT2D eigenvalue weighted by Gasteiger charge is 2.40. The molecular formula is C48H47F3N8O5S. The number of nitrogens with one attached hydrogen (secondary N) is 2. The minimum absolute atomic E-state index is 0.0161. The van der Waals surface area contributed by atoms with E-state index in [1.54, 1.807) is 74.9 Å². The number of nitrogens with zero attached hydrogens (tertiary/aromatic N) is 6. The van der Waals surface area contributed by atoms with Gasteiger partial charge in [0.25, 0.3) is 11.8 Å². The third-order valence-corrected chi connectivity index (χ3v) is 13.2. The van der Waals surface area contributed by atoms with Gasteiger partial charge in [0.2, 0.25) is 17.7 Å². The number of rotatable bonds is 13. The first-order chi connectivity index (χ1) is 31.3. The van der Waals surface area contributed by atoms with Crippen LogP contribution >= 0.6 is 11.8 Å². The minimum Gasteiger partial charge on any atom is -0.340 e. The van der Waals surface area contributed by atoms with Crippen molar-refractivity contribution in [1.82, 2.24) is 34.6 Å². The molecule has 3 aromatic carbocycles. The molecule has 1 atom stereocenters. The van der Waals surface area contributed by atoms with Crippen molar-refractivity contribution in [2.24, 2.45) is 0 Å². The number of aromatic nitrogens is 3. The van der Waals surface area contributed by atoms with E-state index in [0.29, 0.717) is 68.0 Å². The maximum Gasteiger partial charge on any atom is 0.416 e. The fraction of sp³-hybridized carbons (Fsp3) is 0.354. The van der Waals surface area contributed by atoms with Crippen LogP contribution in [-0.4, -0.2) is 96.8 Å². The molecule has 2 N–H and O–H groups in total. The summed E-state index contributed by atoms with van der Waals surface area (Å²) in [5.41, 5.74) is 3.63. The number of benzene rings is 3. The lowest BCUT2D eigenvalue weighted by Crippen LogP contribution is -2.52. The van der Waals surface area contributed by atoms with E-state index in [1.165, 1.54) is 12.1 Å². The Morgan fingerprint density at radius 3 is 2.55 bits per heavy atom. The van der Waals surface area contributed by atoms with Gasteiger partial charge in [0, 0.05) is 85.6 Å². The van der Waals surface area contributed by atoms with Crippen LogP contribution in [0.25, 0.3) is 5.65 Å². The molecule has 65 heavy (non-hydrogen) atoms. The average Bonchev–Trinajstić information content (AvgIpc) is 3.86. The third-order valence-electron chi connectivity index (χ3n) is 12.0. The van der Waals surface area contributed by atoms with Gasteiger partial charge in [-0.2, -0.15) is 18.3 Å². The number of piperazine rings is 1. The number of imide groups is 1. The van der Waals surface area contributed by atoms with E-state index >= 15 is 0 Å². The summed E-state index contributed by atoms with van der Waals surface area (Å²) in [5.74, 6) is 5.46. The van der Waals surface area contributed by atoms with Gasteiger partial charge in [-0.25, -0.2) is 9.50 Å². The Balaban J connectivity index is 0.768. The van der Waals surface area contributed by atoms with E-state index in [4.69, 9.17) is 0 Å². The van der Waals surface area contributed by atoms with Crippen LogP contribution < -0.4 is 10.6 Å². The van der Waals surface area contributed by atoms with Crippen molar-refractivity contribution >= 4 is 52.6 Å². The van der Waals surface area contributed by atoms with Crippen LogP contribution in [0, 0.1) is 18.8 Å². The second-order valence-corrected chi connectivity index (χ2v) is 17.5. The fourth-order valence-electron chi connectivity index (χ4n) is 8.36.